The van der Waals surface area contributed by atoms with Gasteiger partial charge in [-0.2, -0.15) is 0 Å². The van der Waals surface area contributed by atoms with Gasteiger partial charge < -0.3 is 25.8 Å². The van der Waals surface area contributed by atoms with Crippen molar-refractivity contribution in [3.8, 4) is 0 Å². The van der Waals surface area contributed by atoms with Crippen LogP contribution in [-0.4, -0.2) is 43.7 Å². The summed E-state index contributed by atoms with van der Waals surface area (Å²) in [4.78, 5) is 33.8. The smallest absolute Gasteiger partial charge is 0.412 e. The first-order valence-corrected chi connectivity index (χ1v) is 8.16. The van der Waals surface area contributed by atoms with E-state index < -0.39 is 18.0 Å². The maximum absolute atomic E-state index is 11.4. The molecule has 24 heavy (non-hydrogen) atoms. The van der Waals surface area contributed by atoms with Crippen LogP contribution < -0.4 is 16.4 Å². The summed E-state index contributed by atoms with van der Waals surface area (Å²) < 4.78 is 9.57. The van der Waals surface area contributed by atoms with Crippen LogP contribution in [0.3, 0.4) is 0 Å². The number of amides is 2. The van der Waals surface area contributed by atoms with Crippen LogP contribution in [0.5, 0.6) is 0 Å². The SMILES string of the molecule is C=C(C)OC(=O)NCCCC[C@H](NCCCC(=O)OCC)C(N)=O. The fraction of sp³-hybridized carbons (Fsp3) is 0.688. The quantitative estimate of drug-likeness (QED) is 0.263. The van der Waals surface area contributed by atoms with Crippen molar-refractivity contribution in [2.75, 3.05) is 19.7 Å². The lowest BCUT2D eigenvalue weighted by atomic mass is 10.1. The zero-order chi connectivity index (χ0) is 18.4. The normalized spacial score (nSPS) is 11.4. The third kappa shape index (κ3) is 12.5. The molecule has 0 unspecified atom stereocenters. The van der Waals surface area contributed by atoms with Crippen molar-refractivity contribution >= 4 is 18.0 Å². The Kier molecular flexibility index (Phi) is 12.2. The molecule has 0 fully saturated rings. The highest BCUT2D eigenvalue weighted by Crippen LogP contribution is 2.02. The maximum atomic E-state index is 11.4. The predicted molar refractivity (Wildman–Crippen MR) is 90.0 cm³/mol. The van der Waals surface area contributed by atoms with Crippen LogP contribution in [0.15, 0.2) is 12.3 Å². The summed E-state index contributed by atoms with van der Waals surface area (Å²) >= 11 is 0. The lowest BCUT2D eigenvalue weighted by Crippen LogP contribution is -2.41. The molecule has 0 bridgehead atoms. The molecule has 2 amide bonds. The summed E-state index contributed by atoms with van der Waals surface area (Å²) in [5.41, 5.74) is 5.35. The van der Waals surface area contributed by atoms with Gasteiger partial charge in [0, 0.05) is 13.0 Å². The molecule has 0 rings (SSSR count). The minimum atomic E-state index is -0.536. The van der Waals surface area contributed by atoms with E-state index in [1.165, 1.54) is 0 Å². The minimum absolute atomic E-state index is 0.248. The maximum Gasteiger partial charge on any atom is 0.412 e. The van der Waals surface area contributed by atoms with Gasteiger partial charge in [-0.1, -0.05) is 6.58 Å². The minimum Gasteiger partial charge on any atom is -0.466 e. The van der Waals surface area contributed by atoms with E-state index >= 15 is 0 Å². The molecular formula is C16H29N3O5. The number of allylic oxidation sites excluding steroid dienone is 1. The number of unbranched alkanes of at least 4 members (excludes halogenated alkanes) is 1. The van der Waals surface area contributed by atoms with E-state index in [9.17, 15) is 14.4 Å². The number of hydrogen-bond acceptors (Lipinski definition) is 6. The molecule has 0 aromatic carbocycles. The van der Waals surface area contributed by atoms with Crippen LogP contribution in [0.2, 0.25) is 0 Å². The second-order valence-electron chi connectivity index (χ2n) is 5.33. The van der Waals surface area contributed by atoms with Crippen molar-refractivity contribution in [1.82, 2.24) is 10.6 Å². The Balaban J connectivity index is 3.81. The molecule has 0 saturated heterocycles. The first-order valence-electron chi connectivity index (χ1n) is 8.16. The second-order valence-corrected chi connectivity index (χ2v) is 5.33. The topological polar surface area (TPSA) is 120 Å². The number of alkyl carbamates (subject to hydrolysis) is 1. The van der Waals surface area contributed by atoms with Gasteiger partial charge in [-0.05, 0) is 46.1 Å². The third-order valence-electron chi connectivity index (χ3n) is 3.05. The fourth-order valence-electron chi connectivity index (χ4n) is 1.95. The summed E-state index contributed by atoms with van der Waals surface area (Å²) in [6.07, 6.45) is 2.32. The molecule has 4 N–H and O–H groups in total. The molecule has 0 aromatic rings. The summed E-state index contributed by atoms with van der Waals surface area (Å²) in [6.45, 7) is 8.13. The Morgan fingerprint density at radius 3 is 2.46 bits per heavy atom. The van der Waals surface area contributed by atoms with Crippen molar-refractivity contribution in [3.63, 3.8) is 0 Å². The number of rotatable bonds is 13. The van der Waals surface area contributed by atoms with E-state index in [4.69, 9.17) is 15.2 Å². The van der Waals surface area contributed by atoms with Gasteiger partial charge in [-0.3, -0.25) is 9.59 Å². The summed E-state index contributed by atoms with van der Waals surface area (Å²) in [6, 6.07) is -0.449. The molecule has 8 nitrogen and oxygen atoms in total. The van der Waals surface area contributed by atoms with E-state index in [1.807, 2.05) is 0 Å². The zero-order valence-corrected chi connectivity index (χ0v) is 14.6. The van der Waals surface area contributed by atoms with E-state index in [0.717, 1.165) is 0 Å². The number of carbonyl (C=O) groups is 3. The van der Waals surface area contributed by atoms with Gasteiger partial charge in [-0.15, -0.1) is 0 Å². The Morgan fingerprint density at radius 2 is 1.88 bits per heavy atom. The lowest BCUT2D eigenvalue weighted by Gasteiger charge is -2.15. The highest BCUT2D eigenvalue weighted by molar-refractivity contribution is 5.79. The Labute approximate surface area is 143 Å². The van der Waals surface area contributed by atoms with Crippen LogP contribution >= 0.6 is 0 Å². The molecule has 0 radical (unpaired) electrons. The van der Waals surface area contributed by atoms with Crippen LogP contribution in [0.25, 0.3) is 0 Å². The largest absolute Gasteiger partial charge is 0.466 e. The first kappa shape index (κ1) is 21.9. The number of nitrogens with two attached hydrogens (primary N) is 1. The second kappa shape index (κ2) is 13.4. The molecule has 0 aromatic heterocycles. The van der Waals surface area contributed by atoms with Crippen molar-refractivity contribution in [3.05, 3.63) is 12.3 Å². The molecule has 138 valence electrons. The summed E-state index contributed by atoms with van der Waals surface area (Å²) in [5, 5.41) is 5.62. The highest BCUT2D eigenvalue weighted by atomic mass is 16.6. The van der Waals surface area contributed by atoms with E-state index in [-0.39, 0.29) is 5.97 Å². The lowest BCUT2D eigenvalue weighted by molar-refractivity contribution is -0.143. The van der Waals surface area contributed by atoms with Gasteiger partial charge in [-0.25, -0.2) is 4.79 Å². The van der Waals surface area contributed by atoms with Crippen molar-refractivity contribution in [2.24, 2.45) is 5.73 Å². The molecule has 0 heterocycles. The fourth-order valence-corrected chi connectivity index (χ4v) is 1.95. The zero-order valence-electron chi connectivity index (χ0n) is 14.6. The Morgan fingerprint density at radius 1 is 1.17 bits per heavy atom. The predicted octanol–water partition coefficient (Wildman–Crippen LogP) is 1.20. The molecule has 0 aliphatic carbocycles. The van der Waals surface area contributed by atoms with Gasteiger partial charge in [0.05, 0.1) is 18.4 Å². The van der Waals surface area contributed by atoms with Gasteiger partial charge in [0.1, 0.15) is 0 Å². The van der Waals surface area contributed by atoms with E-state index in [2.05, 4.69) is 17.2 Å². The van der Waals surface area contributed by atoms with Gasteiger partial charge in [0.15, 0.2) is 0 Å². The Hall–Kier alpha value is -2.09. The van der Waals surface area contributed by atoms with Crippen molar-refractivity contribution in [2.45, 2.75) is 52.0 Å². The number of carbonyl (C=O) groups excluding carboxylic acids is 3. The molecule has 8 heteroatoms. The van der Waals surface area contributed by atoms with Crippen molar-refractivity contribution in [1.29, 1.82) is 0 Å². The van der Waals surface area contributed by atoms with Crippen LogP contribution in [0, 0.1) is 0 Å². The molecule has 0 aliphatic rings. The van der Waals surface area contributed by atoms with Gasteiger partial charge >= 0.3 is 12.1 Å². The third-order valence-corrected chi connectivity index (χ3v) is 3.05. The van der Waals surface area contributed by atoms with E-state index in [1.54, 1.807) is 13.8 Å². The number of esters is 1. The van der Waals surface area contributed by atoms with Crippen LogP contribution in [-0.2, 0) is 19.1 Å². The number of nitrogens with one attached hydrogen (secondary N) is 2. The number of primary amides is 1. The van der Waals surface area contributed by atoms with Gasteiger partial charge in [0.2, 0.25) is 5.91 Å². The first-order chi connectivity index (χ1) is 11.4. The molecule has 1 atom stereocenters. The van der Waals surface area contributed by atoms with Gasteiger partial charge in [0.25, 0.3) is 0 Å². The number of ether oxygens (including phenoxy) is 2. The monoisotopic (exact) mass is 343 g/mol. The Bertz CT molecular complexity index is 426. The highest BCUT2D eigenvalue weighted by Gasteiger charge is 2.14. The molecule has 0 aliphatic heterocycles. The van der Waals surface area contributed by atoms with Crippen LogP contribution in [0.4, 0.5) is 4.79 Å². The average Bonchev–Trinajstić information content (AvgIpc) is 2.48. The molecular weight excluding hydrogens is 314 g/mol. The summed E-state index contributed by atoms with van der Waals surface area (Å²) in [7, 11) is 0. The summed E-state index contributed by atoms with van der Waals surface area (Å²) in [5.74, 6) is -0.350. The average molecular weight is 343 g/mol. The standard InChI is InChI=1S/C16H29N3O5/c1-4-23-14(20)9-7-11-18-13(15(17)21)8-5-6-10-19-16(22)24-12(2)3/h13,18H,2,4-11H2,1,3H3,(H2,17,21)(H,19,22)/t13-/m0/s1. The van der Waals surface area contributed by atoms with E-state index in [0.29, 0.717) is 57.6 Å². The van der Waals surface area contributed by atoms with Crippen LogP contribution in [0.1, 0.15) is 46.0 Å². The number of hydrogen-bond donors (Lipinski definition) is 3. The molecule has 0 saturated carbocycles. The molecule has 0 spiro atoms. The van der Waals surface area contributed by atoms with Crippen molar-refractivity contribution < 1.29 is 23.9 Å².